The molecule has 1 N–H and O–H groups in total. The zero-order valence-corrected chi connectivity index (χ0v) is 18.4. The van der Waals surface area contributed by atoms with Gasteiger partial charge in [0, 0.05) is 12.0 Å². The van der Waals surface area contributed by atoms with E-state index in [0.29, 0.717) is 24.4 Å². The van der Waals surface area contributed by atoms with Crippen LogP contribution >= 0.6 is 0 Å². The van der Waals surface area contributed by atoms with E-state index < -0.39 is 5.60 Å². The Kier molecular flexibility index (Phi) is 5.32. The lowest BCUT2D eigenvalue weighted by atomic mass is 9.46. The molecular formula is C25H40O3. The van der Waals surface area contributed by atoms with Crippen LogP contribution in [-0.4, -0.2) is 29.2 Å². The van der Waals surface area contributed by atoms with Crippen LogP contribution in [0.15, 0.2) is 11.6 Å². The number of aliphatic hydroxyl groups is 1. The number of ketones is 1. The minimum absolute atomic E-state index is 0.0242. The lowest BCUT2D eigenvalue weighted by molar-refractivity contribution is -0.175. The summed E-state index contributed by atoms with van der Waals surface area (Å²) in [5.74, 6) is 2.21. The molecule has 0 aromatic carbocycles. The third-order valence-electron chi connectivity index (χ3n) is 9.61. The van der Waals surface area contributed by atoms with Crippen LogP contribution in [0.5, 0.6) is 0 Å². The van der Waals surface area contributed by atoms with E-state index in [0.717, 1.165) is 57.8 Å². The summed E-state index contributed by atoms with van der Waals surface area (Å²) in [5, 5.41) is 10.2. The lowest BCUT2D eigenvalue weighted by Crippen LogP contribution is -2.58. The average molecular weight is 389 g/mol. The van der Waals surface area contributed by atoms with E-state index in [4.69, 9.17) is 4.74 Å². The fourth-order valence-corrected chi connectivity index (χ4v) is 7.95. The lowest BCUT2D eigenvalue weighted by Gasteiger charge is -2.59. The Balaban J connectivity index is 1.64. The highest BCUT2D eigenvalue weighted by Gasteiger charge is 2.66. The van der Waals surface area contributed by atoms with E-state index in [1.807, 2.05) is 0 Å². The number of aliphatic hydroxyl groups excluding tert-OH is 1. The second-order valence-corrected chi connectivity index (χ2v) is 10.7. The van der Waals surface area contributed by atoms with Crippen molar-refractivity contribution in [2.45, 2.75) is 104 Å². The molecule has 0 aliphatic heterocycles. The summed E-state index contributed by atoms with van der Waals surface area (Å²) >= 11 is 0. The molecule has 4 rings (SSSR count). The predicted molar refractivity (Wildman–Crippen MR) is 112 cm³/mol. The number of fused-ring (bicyclic) bond motifs is 5. The molecule has 4 aliphatic carbocycles. The summed E-state index contributed by atoms with van der Waals surface area (Å²) in [4.78, 5) is 12.9. The Morgan fingerprint density at radius 1 is 1.18 bits per heavy atom. The van der Waals surface area contributed by atoms with Crippen molar-refractivity contribution in [3.05, 3.63) is 11.6 Å². The van der Waals surface area contributed by atoms with E-state index in [9.17, 15) is 9.90 Å². The van der Waals surface area contributed by atoms with E-state index >= 15 is 0 Å². The van der Waals surface area contributed by atoms with Crippen molar-refractivity contribution in [1.29, 1.82) is 0 Å². The van der Waals surface area contributed by atoms with Gasteiger partial charge in [0.05, 0.1) is 6.10 Å². The quantitative estimate of drug-likeness (QED) is 0.503. The first kappa shape index (κ1) is 20.6. The SMILES string of the molecule is CCCCO[C@@]1(C(C)=O)CCC2C3CC=C4C[C@@H](O)CC[C@]4(C)C3CC[C@@]21C. The van der Waals surface area contributed by atoms with Gasteiger partial charge in [-0.3, -0.25) is 4.79 Å². The van der Waals surface area contributed by atoms with Crippen molar-refractivity contribution < 1.29 is 14.6 Å². The molecule has 0 bridgehead atoms. The number of rotatable bonds is 5. The van der Waals surface area contributed by atoms with E-state index in [-0.39, 0.29) is 22.7 Å². The van der Waals surface area contributed by atoms with Crippen LogP contribution in [0.3, 0.4) is 0 Å². The van der Waals surface area contributed by atoms with Crippen LogP contribution in [0.1, 0.15) is 91.9 Å². The average Bonchev–Trinajstić information content (AvgIpc) is 2.96. The van der Waals surface area contributed by atoms with Gasteiger partial charge in [-0.2, -0.15) is 0 Å². The first-order valence-electron chi connectivity index (χ1n) is 11.8. The number of hydrogen-bond acceptors (Lipinski definition) is 3. The fraction of sp³-hybridized carbons (Fsp3) is 0.880. The standard InChI is InChI=1S/C25H40O3/c1-5-6-15-28-25(17(2)26)14-11-22-20-8-7-18-16-19(27)9-12-23(18,3)21(20)10-13-24(22,25)4/h7,19-22,27H,5-6,8-16H2,1-4H3/t19-,20?,21?,22?,23-,24-,25+/m0/s1. The summed E-state index contributed by atoms with van der Waals surface area (Å²) in [6.07, 6.45) is 12.9. The van der Waals surface area contributed by atoms with Crippen LogP contribution in [-0.2, 0) is 9.53 Å². The molecule has 0 saturated heterocycles. The normalized spacial score (nSPS) is 47.7. The van der Waals surface area contributed by atoms with Crippen LogP contribution in [0, 0.1) is 28.6 Å². The molecule has 0 aromatic heterocycles. The first-order valence-corrected chi connectivity index (χ1v) is 11.8. The molecule has 4 aliphatic rings. The topological polar surface area (TPSA) is 46.5 Å². The van der Waals surface area contributed by atoms with Gasteiger partial charge in [0.25, 0.3) is 0 Å². The maximum atomic E-state index is 12.9. The Hall–Kier alpha value is -0.670. The molecular weight excluding hydrogens is 348 g/mol. The number of hydrogen-bond donors (Lipinski definition) is 1. The molecule has 0 heterocycles. The smallest absolute Gasteiger partial charge is 0.162 e. The summed E-state index contributed by atoms with van der Waals surface area (Å²) in [5.41, 5.74) is 1.19. The molecule has 3 nitrogen and oxygen atoms in total. The predicted octanol–water partition coefficient (Wildman–Crippen LogP) is 5.45. The third kappa shape index (κ3) is 2.79. The minimum Gasteiger partial charge on any atom is -0.393 e. The molecule has 0 aromatic rings. The second-order valence-electron chi connectivity index (χ2n) is 10.7. The monoisotopic (exact) mass is 388 g/mol. The maximum absolute atomic E-state index is 12.9. The van der Waals surface area contributed by atoms with Crippen LogP contribution < -0.4 is 0 Å². The van der Waals surface area contributed by atoms with Crippen molar-refractivity contribution in [1.82, 2.24) is 0 Å². The minimum atomic E-state index is -0.564. The molecule has 158 valence electrons. The van der Waals surface area contributed by atoms with Crippen LogP contribution in [0.25, 0.3) is 0 Å². The zero-order chi connectivity index (χ0) is 20.2. The van der Waals surface area contributed by atoms with Gasteiger partial charge >= 0.3 is 0 Å². The third-order valence-corrected chi connectivity index (χ3v) is 9.61. The second kappa shape index (κ2) is 7.23. The molecule has 7 atom stereocenters. The molecule has 0 amide bonds. The van der Waals surface area contributed by atoms with Crippen LogP contribution in [0.2, 0.25) is 0 Å². The Morgan fingerprint density at radius 2 is 1.93 bits per heavy atom. The molecule has 0 radical (unpaired) electrons. The van der Waals surface area contributed by atoms with E-state index in [1.165, 1.54) is 12.0 Å². The van der Waals surface area contributed by atoms with Crippen LogP contribution in [0.4, 0.5) is 0 Å². The van der Waals surface area contributed by atoms with Gasteiger partial charge in [-0.05, 0) is 87.9 Å². The molecule has 3 unspecified atom stereocenters. The van der Waals surface area contributed by atoms with E-state index in [1.54, 1.807) is 6.92 Å². The molecule has 3 fully saturated rings. The van der Waals surface area contributed by atoms with Gasteiger partial charge in [-0.15, -0.1) is 0 Å². The van der Waals surface area contributed by atoms with Gasteiger partial charge in [0.1, 0.15) is 5.60 Å². The van der Waals surface area contributed by atoms with Crippen molar-refractivity contribution in [2.75, 3.05) is 6.61 Å². The molecule has 0 spiro atoms. The fourth-order valence-electron chi connectivity index (χ4n) is 7.95. The van der Waals surface area contributed by atoms with Gasteiger partial charge in [0.2, 0.25) is 0 Å². The van der Waals surface area contributed by atoms with Gasteiger partial charge in [-0.25, -0.2) is 0 Å². The highest BCUT2D eigenvalue weighted by atomic mass is 16.5. The molecule has 3 saturated carbocycles. The highest BCUT2D eigenvalue weighted by Crippen LogP contribution is 2.68. The largest absolute Gasteiger partial charge is 0.393 e. The van der Waals surface area contributed by atoms with Gasteiger partial charge < -0.3 is 9.84 Å². The van der Waals surface area contributed by atoms with Crippen molar-refractivity contribution >= 4 is 5.78 Å². The Morgan fingerprint density at radius 3 is 2.64 bits per heavy atom. The van der Waals surface area contributed by atoms with Gasteiger partial charge in [-0.1, -0.05) is 38.8 Å². The molecule has 3 heteroatoms. The summed E-state index contributed by atoms with van der Waals surface area (Å²) in [7, 11) is 0. The maximum Gasteiger partial charge on any atom is 0.162 e. The number of unbranched alkanes of at least 4 members (excludes halogenated alkanes) is 1. The van der Waals surface area contributed by atoms with Crippen molar-refractivity contribution in [3.63, 3.8) is 0 Å². The number of carbonyl (C=O) groups is 1. The number of allylic oxidation sites excluding steroid dienone is 1. The Labute approximate surface area is 171 Å². The number of Topliss-reactive ketones (excluding diaryl/α,β-unsaturated/α-hetero) is 1. The highest BCUT2D eigenvalue weighted by molar-refractivity contribution is 5.86. The number of carbonyl (C=O) groups excluding carboxylic acids is 1. The van der Waals surface area contributed by atoms with Gasteiger partial charge in [0.15, 0.2) is 5.78 Å². The first-order chi connectivity index (χ1) is 13.3. The Bertz CT molecular complexity index is 654. The molecule has 28 heavy (non-hydrogen) atoms. The summed E-state index contributed by atoms with van der Waals surface area (Å²) in [6.45, 7) is 9.51. The summed E-state index contributed by atoms with van der Waals surface area (Å²) in [6, 6.07) is 0. The summed E-state index contributed by atoms with van der Waals surface area (Å²) < 4.78 is 6.49. The zero-order valence-electron chi connectivity index (χ0n) is 18.4. The van der Waals surface area contributed by atoms with Crippen molar-refractivity contribution in [3.8, 4) is 0 Å². The van der Waals surface area contributed by atoms with Crippen molar-refractivity contribution in [2.24, 2.45) is 28.6 Å². The van der Waals surface area contributed by atoms with E-state index in [2.05, 4.69) is 26.8 Å². The number of ether oxygens (including phenoxy) is 1.